The Hall–Kier alpha value is -2.82. The van der Waals surface area contributed by atoms with Crippen LogP contribution in [0.2, 0.25) is 0 Å². The molecule has 122 valence electrons. The van der Waals surface area contributed by atoms with Gasteiger partial charge in [-0.3, -0.25) is 4.79 Å². The molecule has 1 amide bonds. The van der Waals surface area contributed by atoms with Gasteiger partial charge in [0.05, 0.1) is 0 Å². The van der Waals surface area contributed by atoms with Crippen LogP contribution in [0.5, 0.6) is 0 Å². The Morgan fingerprint density at radius 1 is 1.08 bits per heavy atom. The summed E-state index contributed by atoms with van der Waals surface area (Å²) in [4.78, 5) is 21.2. The molecule has 1 aromatic heterocycles. The minimum absolute atomic E-state index is 0.0830. The van der Waals surface area contributed by atoms with Crippen LogP contribution in [0.3, 0.4) is 0 Å². The van der Waals surface area contributed by atoms with E-state index in [1.807, 2.05) is 59.5 Å². The van der Waals surface area contributed by atoms with Gasteiger partial charge < -0.3 is 14.2 Å². The van der Waals surface area contributed by atoms with Gasteiger partial charge in [-0.2, -0.15) is 4.98 Å². The average Bonchev–Trinajstić information content (AvgIpc) is 3.05. The van der Waals surface area contributed by atoms with Crippen molar-refractivity contribution in [1.82, 2.24) is 9.88 Å². The Morgan fingerprint density at radius 3 is 2.58 bits per heavy atom. The lowest BCUT2D eigenvalue weighted by molar-refractivity contribution is 0.0724. The zero-order valence-electron chi connectivity index (χ0n) is 13.6. The van der Waals surface area contributed by atoms with Gasteiger partial charge in [0.25, 0.3) is 11.9 Å². The number of rotatable bonds is 2. The minimum Gasteiger partial charge on any atom is -0.423 e. The third-order valence-corrected chi connectivity index (χ3v) is 4.46. The number of para-hydroxylation sites is 2. The molecule has 1 saturated heterocycles. The third kappa shape index (κ3) is 2.62. The molecule has 0 N–H and O–H groups in total. The van der Waals surface area contributed by atoms with Crippen LogP contribution >= 0.6 is 0 Å². The van der Waals surface area contributed by atoms with E-state index in [9.17, 15) is 4.79 Å². The topological polar surface area (TPSA) is 49.6 Å². The first-order valence-electron chi connectivity index (χ1n) is 8.19. The van der Waals surface area contributed by atoms with Crippen molar-refractivity contribution in [3.63, 3.8) is 0 Å². The molecule has 5 heteroatoms. The van der Waals surface area contributed by atoms with Crippen LogP contribution in [0, 0.1) is 0 Å². The second-order valence-corrected chi connectivity index (χ2v) is 6.12. The fraction of sp³-hybridized carbons (Fsp3) is 0.263. The predicted octanol–water partition coefficient (Wildman–Crippen LogP) is 3.18. The van der Waals surface area contributed by atoms with Crippen LogP contribution in [-0.4, -0.2) is 41.5 Å². The average molecular weight is 321 g/mol. The molecule has 4 rings (SSSR count). The van der Waals surface area contributed by atoms with Crippen molar-refractivity contribution in [2.45, 2.75) is 13.0 Å². The number of amides is 1. The second-order valence-electron chi connectivity index (χ2n) is 6.12. The number of carbonyl (C=O) groups excluding carboxylic acids is 1. The van der Waals surface area contributed by atoms with E-state index in [4.69, 9.17) is 4.42 Å². The van der Waals surface area contributed by atoms with Crippen molar-refractivity contribution >= 4 is 23.0 Å². The lowest BCUT2D eigenvalue weighted by Gasteiger charge is -2.39. The highest BCUT2D eigenvalue weighted by atomic mass is 16.4. The van der Waals surface area contributed by atoms with Gasteiger partial charge in [0.15, 0.2) is 5.58 Å². The van der Waals surface area contributed by atoms with Crippen LogP contribution in [0.15, 0.2) is 59.0 Å². The van der Waals surface area contributed by atoms with Crippen molar-refractivity contribution in [3.05, 3.63) is 60.2 Å². The van der Waals surface area contributed by atoms with Crippen molar-refractivity contribution in [2.24, 2.45) is 0 Å². The molecule has 0 radical (unpaired) electrons. The van der Waals surface area contributed by atoms with Crippen molar-refractivity contribution in [3.8, 4) is 0 Å². The first-order valence-corrected chi connectivity index (χ1v) is 8.19. The number of benzene rings is 2. The maximum Gasteiger partial charge on any atom is 0.298 e. The highest BCUT2D eigenvalue weighted by Crippen LogP contribution is 2.25. The van der Waals surface area contributed by atoms with Gasteiger partial charge >= 0.3 is 0 Å². The van der Waals surface area contributed by atoms with Crippen LogP contribution in [0.25, 0.3) is 11.1 Å². The summed E-state index contributed by atoms with van der Waals surface area (Å²) in [6.07, 6.45) is 0. The zero-order valence-corrected chi connectivity index (χ0v) is 13.6. The van der Waals surface area contributed by atoms with E-state index in [-0.39, 0.29) is 11.9 Å². The Balaban J connectivity index is 1.51. The summed E-state index contributed by atoms with van der Waals surface area (Å²) >= 11 is 0. The van der Waals surface area contributed by atoms with Crippen molar-refractivity contribution < 1.29 is 9.21 Å². The van der Waals surface area contributed by atoms with Crippen LogP contribution in [0.1, 0.15) is 17.3 Å². The minimum atomic E-state index is 0.0830. The second kappa shape index (κ2) is 6.00. The van der Waals surface area contributed by atoms with Crippen LogP contribution in [-0.2, 0) is 0 Å². The molecule has 0 saturated carbocycles. The number of hydrogen-bond acceptors (Lipinski definition) is 4. The van der Waals surface area contributed by atoms with E-state index in [0.29, 0.717) is 25.6 Å². The van der Waals surface area contributed by atoms with Gasteiger partial charge in [-0.25, -0.2) is 0 Å². The molecule has 1 aliphatic rings. The van der Waals surface area contributed by atoms with E-state index in [1.54, 1.807) is 0 Å². The predicted molar refractivity (Wildman–Crippen MR) is 93.2 cm³/mol. The Morgan fingerprint density at radius 2 is 1.83 bits per heavy atom. The molecule has 3 aromatic rings. The molecular formula is C19H19N3O2. The highest BCUT2D eigenvalue weighted by molar-refractivity contribution is 5.94. The standard InChI is InChI=1S/C19H19N3O2/c1-14-13-21(18(23)15-7-3-2-4-8-15)11-12-22(14)19-20-16-9-5-6-10-17(16)24-19/h2-10,14H,11-13H2,1H3. The molecule has 1 unspecified atom stereocenters. The van der Waals surface area contributed by atoms with E-state index < -0.39 is 0 Å². The molecular weight excluding hydrogens is 302 g/mol. The smallest absolute Gasteiger partial charge is 0.298 e. The molecule has 5 nitrogen and oxygen atoms in total. The molecule has 2 heterocycles. The summed E-state index contributed by atoms with van der Waals surface area (Å²) in [6, 6.07) is 18.0. The van der Waals surface area contributed by atoms with Crippen LogP contribution < -0.4 is 4.90 Å². The zero-order chi connectivity index (χ0) is 16.5. The normalized spacial score (nSPS) is 18.1. The van der Waals surface area contributed by atoms with Gasteiger partial charge in [-0.1, -0.05) is 30.3 Å². The van der Waals surface area contributed by atoms with Gasteiger partial charge in [0.1, 0.15) is 5.52 Å². The summed E-state index contributed by atoms with van der Waals surface area (Å²) in [5.41, 5.74) is 2.39. The SMILES string of the molecule is CC1CN(C(=O)c2ccccc2)CCN1c1nc2ccccc2o1. The number of carbonyl (C=O) groups is 1. The maximum atomic E-state index is 12.6. The third-order valence-electron chi connectivity index (χ3n) is 4.46. The van der Waals surface area contributed by atoms with Crippen molar-refractivity contribution in [1.29, 1.82) is 0 Å². The fourth-order valence-corrected chi connectivity index (χ4v) is 3.17. The van der Waals surface area contributed by atoms with E-state index in [2.05, 4.69) is 16.8 Å². The largest absolute Gasteiger partial charge is 0.423 e. The van der Waals surface area contributed by atoms with E-state index in [1.165, 1.54) is 0 Å². The molecule has 1 aliphatic heterocycles. The lowest BCUT2D eigenvalue weighted by Crippen LogP contribution is -2.53. The van der Waals surface area contributed by atoms with Crippen molar-refractivity contribution in [2.75, 3.05) is 24.5 Å². The molecule has 1 atom stereocenters. The van der Waals surface area contributed by atoms with Gasteiger partial charge in [0.2, 0.25) is 0 Å². The number of nitrogens with zero attached hydrogens (tertiary/aromatic N) is 3. The Bertz CT molecular complexity index is 826. The molecule has 1 fully saturated rings. The maximum absolute atomic E-state index is 12.6. The van der Waals surface area contributed by atoms with Gasteiger partial charge in [-0.15, -0.1) is 0 Å². The molecule has 2 aromatic carbocycles. The summed E-state index contributed by atoms with van der Waals surface area (Å²) < 4.78 is 5.87. The number of fused-ring (bicyclic) bond motifs is 1. The highest BCUT2D eigenvalue weighted by Gasteiger charge is 2.29. The first-order chi connectivity index (χ1) is 11.7. The Labute approximate surface area is 140 Å². The summed E-state index contributed by atoms with van der Waals surface area (Å²) in [6.45, 7) is 4.13. The number of anilines is 1. The molecule has 24 heavy (non-hydrogen) atoms. The van der Waals surface area contributed by atoms with Gasteiger partial charge in [-0.05, 0) is 31.2 Å². The molecule has 0 spiro atoms. The first kappa shape index (κ1) is 14.8. The summed E-state index contributed by atoms with van der Waals surface area (Å²) in [5, 5.41) is 0. The van der Waals surface area contributed by atoms with Crippen LogP contribution in [0.4, 0.5) is 6.01 Å². The number of oxazole rings is 1. The van der Waals surface area contributed by atoms with Gasteiger partial charge in [0, 0.05) is 31.2 Å². The lowest BCUT2D eigenvalue weighted by atomic mass is 10.1. The quantitative estimate of drug-likeness (QED) is 0.727. The molecule has 0 bridgehead atoms. The number of aromatic nitrogens is 1. The monoisotopic (exact) mass is 321 g/mol. The van der Waals surface area contributed by atoms with E-state index in [0.717, 1.165) is 16.7 Å². The Kier molecular flexibility index (Phi) is 3.69. The number of piperazine rings is 1. The fourth-order valence-electron chi connectivity index (χ4n) is 3.17. The number of hydrogen-bond donors (Lipinski definition) is 0. The molecule has 0 aliphatic carbocycles. The summed E-state index contributed by atoms with van der Waals surface area (Å²) in [5.74, 6) is 0.0830. The summed E-state index contributed by atoms with van der Waals surface area (Å²) in [7, 11) is 0. The van der Waals surface area contributed by atoms with E-state index >= 15 is 0 Å².